The average molecular weight is 455 g/mol. The van der Waals surface area contributed by atoms with E-state index in [-0.39, 0.29) is 24.4 Å². The molecule has 3 rings (SSSR count). The Bertz CT molecular complexity index is 1060. The summed E-state index contributed by atoms with van der Waals surface area (Å²) in [7, 11) is 0. The van der Waals surface area contributed by atoms with Gasteiger partial charge in [-0.2, -0.15) is 13.2 Å². The zero-order chi connectivity index (χ0) is 22.6. The van der Waals surface area contributed by atoms with E-state index in [1.54, 1.807) is 49.4 Å². The maximum atomic E-state index is 13.4. The lowest BCUT2D eigenvalue weighted by Crippen LogP contribution is -2.10. The zero-order valence-corrected chi connectivity index (χ0v) is 17.1. The van der Waals surface area contributed by atoms with Crippen molar-refractivity contribution in [1.82, 2.24) is 0 Å². The van der Waals surface area contributed by atoms with E-state index in [2.05, 4.69) is 0 Å². The van der Waals surface area contributed by atoms with Crippen molar-refractivity contribution in [3.63, 3.8) is 0 Å². The molecule has 31 heavy (non-hydrogen) atoms. The molecule has 0 spiro atoms. The van der Waals surface area contributed by atoms with E-state index >= 15 is 0 Å². The summed E-state index contributed by atoms with van der Waals surface area (Å²) in [6.45, 7) is 1.22. The zero-order valence-electron chi connectivity index (χ0n) is 16.3. The van der Waals surface area contributed by atoms with E-state index in [0.29, 0.717) is 27.6 Å². The maximum absolute atomic E-state index is 13.4. The van der Waals surface area contributed by atoms with Crippen molar-refractivity contribution in [2.75, 3.05) is 13.2 Å². The lowest BCUT2D eigenvalue weighted by Gasteiger charge is -2.11. The van der Waals surface area contributed by atoms with E-state index in [1.807, 2.05) is 0 Å². The van der Waals surface area contributed by atoms with Crippen molar-refractivity contribution >= 4 is 17.6 Å². The third-order valence-electron chi connectivity index (χ3n) is 4.33. The standard InChI is InChI=1S/C22H18ClF3O5/c1-13-10-17(6-7-18(13)30-12-20(27)28)29-9-8-15-11-19(31-21(15)22(24,25)26)14-2-4-16(23)5-3-14/h2-7,10-11H,8-9,12H2,1H3,(H,27,28). The summed E-state index contributed by atoms with van der Waals surface area (Å²) < 4.78 is 56.0. The van der Waals surface area contributed by atoms with Gasteiger partial charge in [-0.3, -0.25) is 0 Å². The SMILES string of the molecule is Cc1cc(OCCc2cc(-c3ccc(Cl)cc3)oc2C(F)(F)F)ccc1OCC(=O)O. The van der Waals surface area contributed by atoms with Crippen LogP contribution in [0, 0.1) is 6.92 Å². The average Bonchev–Trinajstić information content (AvgIpc) is 3.12. The van der Waals surface area contributed by atoms with E-state index in [9.17, 15) is 18.0 Å². The molecule has 3 aromatic rings. The number of aliphatic carboxylic acids is 1. The molecule has 0 radical (unpaired) electrons. The second-order valence-electron chi connectivity index (χ2n) is 6.68. The number of carboxylic acids is 1. The maximum Gasteiger partial charge on any atom is 0.449 e. The first-order valence-electron chi connectivity index (χ1n) is 9.17. The number of furan rings is 1. The van der Waals surface area contributed by atoms with Crippen molar-refractivity contribution < 1.29 is 37.0 Å². The van der Waals surface area contributed by atoms with Gasteiger partial charge < -0.3 is 19.0 Å². The number of carbonyl (C=O) groups is 1. The molecule has 164 valence electrons. The summed E-state index contributed by atoms with van der Waals surface area (Å²) in [5.41, 5.74) is 1.10. The molecule has 0 saturated carbocycles. The Kier molecular flexibility index (Phi) is 6.80. The molecule has 1 heterocycles. The summed E-state index contributed by atoms with van der Waals surface area (Å²) in [6, 6.07) is 12.4. The van der Waals surface area contributed by atoms with E-state index in [1.165, 1.54) is 6.07 Å². The van der Waals surface area contributed by atoms with Crippen LogP contribution in [0.3, 0.4) is 0 Å². The topological polar surface area (TPSA) is 68.9 Å². The first-order valence-corrected chi connectivity index (χ1v) is 9.55. The van der Waals surface area contributed by atoms with Crippen LogP contribution >= 0.6 is 11.6 Å². The van der Waals surface area contributed by atoms with E-state index in [4.69, 9.17) is 30.6 Å². The molecular weight excluding hydrogens is 437 g/mol. The number of ether oxygens (including phenoxy) is 2. The molecule has 0 amide bonds. The summed E-state index contributed by atoms with van der Waals surface area (Å²) in [5.74, 6) is -1.26. The highest BCUT2D eigenvalue weighted by Gasteiger charge is 2.38. The van der Waals surface area contributed by atoms with Crippen LogP contribution in [-0.4, -0.2) is 24.3 Å². The predicted octanol–water partition coefficient (Wildman–Crippen LogP) is 6.01. The molecule has 1 aromatic heterocycles. The van der Waals surface area contributed by atoms with E-state index < -0.39 is 24.5 Å². The van der Waals surface area contributed by atoms with Crippen molar-refractivity contribution in [2.45, 2.75) is 19.5 Å². The summed E-state index contributed by atoms with van der Waals surface area (Å²) in [5, 5.41) is 9.13. The number of halogens is 4. The minimum Gasteiger partial charge on any atom is -0.493 e. The normalized spacial score (nSPS) is 11.4. The molecule has 0 fully saturated rings. The Morgan fingerprint density at radius 1 is 1.10 bits per heavy atom. The van der Waals surface area contributed by atoms with Gasteiger partial charge in [-0.1, -0.05) is 11.6 Å². The smallest absolute Gasteiger partial charge is 0.449 e. The molecule has 0 aliphatic rings. The van der Waals surface area contributed by atoms with Crippen LogP contribution < -0.4 is 9.47 Å². The van der Waals surface area contributed by atoms with Gasteiger partial charge in [-0.15, -0.1) is 0 Å². The van der Waals surface area contributed by atoms with Gasteiger partial charge in [0.15, 0.2) is 6.61 Å². The van der Waals surface area contributed by atoms with Gasteiger partial charge in [-0.25, -0.2) is 4.79 Å². The number of rotatable bonds is 8. The monoisotopic (exact) mass is 454 g/mol. The molecule has 0 bridgehead atoms. The van der Waals surface area contributed by atoms with Gasteiger partial charge in [-0.05, 0) is 61.0 Å². The largest absolute Gasteiger partial charge is 0.493 e. The number of hydrogen-bond acceptors (Lipinski definition) is 4. The number of hydrogen-bond donors (Lipinski definition) is 1. The highest BCUT2D eigenvalue weighted by Crippen LogP contribution is 2.37. The first-order chi connectivity index (χ1) is 14.6. The number of alkyl halides is 3. The minimum atomic E-state index is -4.64. The summed E-state index contributed by atoms with van der Waals surface area (Å²) in [6.07, 6.45) is -4.66. The molecule has 0 saturated heterocycles. The fraction of sp³-hybridized carbons (Fsp3) is 0.227. The quantitative estimate of drug-likeness (QED) is 0.451. The minimum absolute atomic E-state index is 0.0164. The molecule has 2 aromatic carbocycles. The first kappa shape index (κ1) is 22.6. The van der Waals surface area contributed by atoms with Crippen LogP contribution in [0.25, 0.3) is 11.3 Å². The number of aryl methyl sites for hydroxylation is 1. The van der Waals surface area contributed by atoms with Crippen LogP contribution in [-0.2, 0) is 17.4 Å². The van der Waals surface area contributed by atoms with Gasteiger partial charge in [0.2, 0.25) is 5.76 Å². The fourth-order valence-corrected chi connectivity index (χ4v) is 3.03. The molecular formula is C22H18ClF3O5. The molecule has 1 N–H and O–H groups in total. The third-order valence-corrected chi connectivity index (χ3v) is 4.58. The second-order valence-corrected chi connectivity index (χ2v) is 7.11. The molecule has 0 unspecified atom stereocenters. The lowest BCUT2D eigenvalue weighted by molar-refractivity contribution is -0.153. The number of benzene rings is 2. The van der Waals surface area contributed by atoms with Crippen LogP contribution in [0.15, 0.2) is 52.9 Å². The summed E-state index contributed by atoms with van der Waals surface area (Å²) in [4.78, 5) is 10.6. The highest BCUT2D eigenvalue weighted by atomic mass is 35.5. The van der Waals surface area contributed by atoms with Crippen molar-refractivity contribution in [1.29, 1.82) is 0 Å². The van der Waals surface area contributed by atoms with Crippen molar-refractivity contribution in [3.8, 4) is 22.8 Å². The molecule has 9 heteroatoms. The molecule has 0 atom stereocenters. The van der Waals surface area contributed by atoms with Gasteiger partial charge in [0.1, 0.15) is 17.3 Å². The van der Waals surface area contributed by atoms with Gasteiger partial charge in [0.25, 0.3) is 0 Å². The lowest BCUT2D eigenvalue weighted by atomic mass is 10.1. The summed E-state index contributed by atoms with van der Waals surface area (Å²) >= 11 is 5.83. The highest BCUT2D eigenvalue weighted by molar-refractivity contribution is 6.30. The van der Waals surface area contributed by atoms with Crippen LogP contribution in [0.4, 0.5) is 13.2 Å². The van der Waals surface area contributed by atoms with Crippen LogP contribution in [0.5, 0.6) is 11.5 Å². The van der Waals surface area contributed by atoms with Gasteiger partial charge >= 0.3 is 12.1 Å². The Balaban J connectivity index is 1.70. The Morgan fingerprint density at radius 2 is 1.81 bits per heavy atom. The predicted molar refractivity (Wildman–Crippen MR) is 108 cm³/mol. The van der Waals surface area contributed by atoms with Crippen LogP contribution in [0.1, 0.15) is 16.9 Å². The van der Waals surface area contributed by atoms with Gasteiger partial charge in [0.05, 0.1) is 6.61 Å². The van der Waals surface area contributed by atoms with Crippen molar-refractivity contribution in [2.24, 2.45) is 0 Å². The Morgan fingerprint density at radius 3 is 2.42 bits per heavy atom. The second kappa shape index (κ2) is 9.34. The molecule has 5 nitrogen and oxygen atoms in total. The van der Waals surface area contributed by atoms with Crippen LogP contribution in [0.2, 0.25) is 5.02 Å². The third kappa shape index (κ3) is 5.95. The molecule has 0 aliphatic carbocycles. The van der Waals surface area contributed by atoms with Gasteiger partial charge in [0, 0.05) is 22.6 Å². The van der Waals surface area contributed by atoms with Crippen molar-refractivity contribution in [3.05, 3.63) is 70.4 Å². The molecule has 0 aliphatic heterocycles. The fourth-order valence-electron chi connectivity index (χ4n) is 2.90. The Labute approximate surface area is 181 Å². The Hall–Kier alpha value is -3.13. The number of carboxylic acid groups (broad SMARTS) is 1. The van der Waals surface area contributed by atoms with E-state index in [0.717, 1.165) is 0 Å².